The average Bonchev–Trinajstić information content (AvgIpc) is 3.05. The van der Waals surface area contributed by atoms with Crippen LogP contribution in [0.15, 0.2) is 67.0 Å². The normalized spacial score (nSPS) is 15.5. The van der Waals surface area contributed by atoms with E-state index in [0.717, 1.165) is 49.7 Å². The lowest BCUT2D eigenvalue weighted by molar-refractivity contribution is 0.191. The van der Waals surface area contributed by atoms with E-state index in [0.29, 0.717) is 12.4 Å². The molecule has 0 bridgehead atoms. The lowest BCUT2D eigenvalue weighted by Gasteiger charge is -2.24. The van der Waals surface area contributed by atoms with Gasteiger partial charge in [0.1, 0.15) is 23.8 Å². The minimum absolute atomic E-state index is 0.214. The Hall–Kier alpha value is -3.19. The number of aromatic nitrogens is 2. The van der Waals surface area contributed by atoms with Crippen LogP contribution in [0.2, 0.25) is 0 Å². The van der Waals surface area contributed by atoms with Crippen molar-refractivity contribution in [1.82, 2.24) is 9.97 Å². The highest BCUT2D eigenvalue weighted by Crippen LogP contribution is 2.21. The SMILES string of the molecule is O[C@@H](CNc1cc(N2CCCN(c3ccc(F)cc3)CC2)ncn1)c1ccccc1. The lowest BCUT2D eigenvalue weighted by atomic mass is 10.1. The van der Waals surface area contributed by atoms with Crippen molar-refractivity contribution in [2.75, 3.05) is 47.8 Å². The summed E-state index contributed by atoms with van der Waals surface area (Å²) in [4.78, 5) is 13.2. The maximum atomic E-state index is 13.2. The molecule has 0 radical (unpaired) electrons. The van der Waals surface area contributed by atoms with E-state index < -0.39 is 6.10 Å². The number of aliphatic hydroxyl groups excluding tert-OH is 1. The van der Waals surface area contributed by atoms with Crippen molar-refractivity contribution in [3.05, 3.63) is 78.4 Å². The summed E-state index contributed by atoms with van der Waals surface area (Å²) < 4.78 is 13.2. The molecule has 1 atom stereocenters. The molecular formula is C23H26FN5O. The van der Waals surface area contributed by atoms with Gasteiger partial charge in [-0.25, -0.2) is 14.4 Å². The number of nitrogens with one attached hydrogen (secondary N) is 1. The first-order valence-corrected chi connectivity index (χ1v) is 10.2. The van der Waals surface area contributed by atoms with Gasteiger partial charge in [-0.05, 0) is 36.2 Å². The quantitative estimate of drug-likeness (QED) is 0.652. The van der Waals surface area contributed by atoms with Crippen LogP contribution in [0.1, 0.15) is 18.1 Å². The summed E-state index contributed by atoms with van der Waals surface area (Å²) in [6, 6.07) is 18.2. The number of hydrogen-bond acceptors (Lipinski definition) is 6. The molecule has 4 rings (SSSR count). The Morgan fingerprint density at radius 1 is 0.933 bits per heavy atom. The molecule has 1 aliphatic heterocycles. The van der Waals surface area contributed by atoms with Crippen LogP contribution >= 0.6 is 0 Å². The summed E-state index contributed by atoms with van der Waals surface area (Å²) in [5.74, 6) is 1.34. The highest BCUT2D eigenvalue weighted by atomic mass is 19.1. The third-order valence-electron chi connectivity index (χ3n) is 5.33. The molecule has 30 heavy (non-hydrogen) atoms. The molecule has 1 fully saturated rings. The monoisotopic (exact) mass is 407 g/mol. The van der Waals surface area contributed by atoms with Crippen LogP contribution in [-0.4, -0.2) is 47.8 Å². The molecule has 2 heterocycles. The smallest absolute Gasteiger partial charge is 0.134 e. The van der Waals surface area contributed by atoms with E-state index >= 15 is 0 Å². The Morgan fingerprint density at radius 3 is 2.47 bits per heavy atom. The van der Waals surface area contributed by atoms with Crippen LogP contribution in [0, 0.1) is 5.82 Å². The van der Waals surface area contributed by atoms with Gasteiger partial charge in [0, 0.05) is 44.5 Å². The van der Waals surface area contributed by atoms with Crippen molar-refractivity contribution < 1.29 is 9.50 Å². The van der Waals surface area contributed by atoms with Gasteiger partial charge in [-0.15, -0.1) is 0 Å². The summed E-state index contributed by atoms with van der Waals surface area (Å²) in [5, 5.41) is 13.6. The van der Waals surface area contributed by atoms with Crippen LogP contribution in [-0.2, 0) is 0 Å². The van der Waals surface area contributed by atoms with Crippen molar-refractivity contribution in [2.45, 2.75) is 12.5 Å². The highest BCUT2D eigenvalue weighted by molar-refractivity contribution is 5.51. The first kappa shape index (κ1) is 20.1. The topological polar surface area (TPSA) is 64.5 Å². The van der Waals surface area contributed by atoms with Crippen molar-refractivity contribution in [3.63, 3.8) is 0 Å². The second-order valence-electron chi connectivity index (χ2n) is 7.37. The van der Waals surface area contributed by atoms with Gasteiger partial charge in [0.2, 0.25) is 0 Å². The summed E-state index contributed by atoms with van der Waals surface area (Å²) in [5.41, 5.74) is 1.91. The van der Waals surface area contributed by atoms with E-state index in [4.69, 9.17) is 0 Å². The molecule has 2 aromatic carbocycles. The Balaban J connectivity index is 1.37. The number of hydrogen-bond donors (Lipinski definition) is 2. The molecule has 1 aromatic heterocycles. The summed E-state index contributed by atoms with van der Waals surface area (Å²) in [6.45, 7) is 3.84. The molecule has 1 aliphatic rings. The molecule has 0 aliphatic carbocycles. The molecule has 1 saturated heterocycles. The molecule has 2 N–H and O–H groups in total. The van der Waals surface area contributed by atoms with E-state index in [2.05, 4.69) is 25.1 Å². The van der Waals surface area contributed by atoms with Gasteiger partial charge in [0.15, 0.2) is 0 Å². The maximum absolute atomic E-state index is 13.2. The second kappa shape index (κ2) is 9.54. The fraction of sp³-hybridized carbons (Fsp3) is 0.304. The molecule has 7 heteroatoms. The van der Waals surface area contributed by atoms with Crippen LogP contribution < -0.4 is 15.1 Å². The molecule has 3 aromatic rings. The van der Waals surface area contributed by atoms with E-state index in [9.17, 15) is 9.50 Å². The third-order valence-corrected chi connectivity index (χ3v) is 5.33. The fourth-order valence-electron chi connectivity index (χ4n) is 3.67. The molecule has 0 unspecified atom stereocenters. The number of rotatable bonds is 6. The standard InChI is InChI=1S/C23H26FN5O/c24-19-7-9-20(10-8-19)28-11-4-12-29(14-13-28)23-15-22(26-17-27-23)25-16-21(30)18-5-2-1-3-6-18/h1-3,5-10,15,17,21,30H,4,11-14,16H2,(H,25,26,27)/t21-/m0/s1. The number of aliphatic hydroxyl groups is 1. The van der Waals surface area contributed by atoms with Gasteiger partial charge in [0.25, 0.3) is 0 Å². The number of benzene rings is 2. The minimum Gasteiger partial charge on any atom is -0.387 e. The van der Waals surface area contributed by atoms with E-state index in [-0.39, 0.29) is 5.82 Å². The van der Waals surface area contributed by atoms with Gasteiger partial charge in [0.05, 0.1) is 6.10 Å². The molecule has 0 amide bonds. The van der Waals surface area contributed by atoms with Gasteiger partial charge in [-0.3, -0.25) is 0 Å². The van der Waals surface area contributed by atoms with Crippen molar-refractivity contribution in [1.29, 1.82) is 0 Å². The Bertz CT molecular complexity index is 938. The molecule has 6 nitrogen and oxygen atoms in total. The Kier molecular flexibility index (Phi) is 6.39. The van der Waals surface area contributed by atoms with E-state index in [1.807, 2.05) is 48.5 Å². The van der Waals surface area contributed by atoms with Crippen molar-refractivity contribution in [2.24, 2.45) is 0 Å². The largest absolute Gasteiger partial charge is 0.387 e. The Labute approximate surface area is 176 Å². The van der Waals surface area contributed by atoms with E-state index in [1.165, 1.54) is 12.1 Å². The number of nitrogens with zero attached hydrogens (tertiary/aromatic N) is 4. The van der Waals surface area contributed by atoms with Crippen LogP contribution in [0.4, 0.5) is 21.7 Å². The summed E-state index contributed by atoms with van der Waals surface area (Å²) in [6.07, 6.45) is 1.93. The van der Waals surface area contributed by atoms with Crippen LogP contribution in [0.3, 0.4) is 0 Å². The van der Waals surface area contributed by atoms with Crippen LogP contribution in [0.25, 0.3) is 0 Å². The van der Waals surface area contributed by atoms with Gasteiger partial charge < -0.3 is 20.2 Å². The summed E-state index contributed by atoms with van der Waals surface area (Å²) in [7, 11) is 0. The molecular weight excluding hydrogens is 381 g/mol. The van der Waals surface area contributed by atoms with Crippen LogP contribution in [0.5, 0.6) is 0 Å². The maximum Gasteiger partial charge on any atom is 0.134 e. The van der Waals surface area contributed by atoms with Crippen molar-refractivity contribution >= 4 is 17.3 Å². The third kappa shape index (κ3) is 5.04. The first-order valence-electron chi connectivity index (χ1n) is 10.2. The Morgan fingerprint density at radius 2 is 1.67 bits per heavy atom. The predicted octanol–water partition coefficient (Wildman–Crippen LogP) is 3.48. The predicted molar refractivity (Wildman–Crippen MR) is 117 cm³/mol. The zero-order valence-corrected chi connectivity index (χ0v) is 16.8. The molecule has 0 saturated carbocycles. The number of halogens is 1. The lowest BCUT2D eigenvalue weighted by Crippen LogP contribution is -2.31. The first-order chi connectivity index (χ1) is 14.7. The van der Waals surface area contributed by atoms with Gasteiger partial charge in [-0.1, -0.05) is 30.3 Å². The second-order valence-corrected chi connectivity index (χ2v) is 7.37. The molecule has 0 spiro atoms. The summed E-state index contributed by atoms with van der Waals surface area (Å²) >= 11 is 0. The zero-order valence-electron chi connectivity index (χ0n) is 16.8. The average molecular weight is 407 g/mol. The van der Waals surface area contributed by atoms with E-state index in [1.54, 1.807) is 6.33 Å². The van der Waals surface area contributed by atoms with Crippen molar-refractivity contribution in [3.8, 4) is 0 Å². The van der Waals surface area contributed by atoms with Gasteiger partial charge >= 0.3 is 0 Å². The minimum atomic E-state index is -0.605. The highest BCUT2D eigenvalue weighted by Gasteiger charge is 2.17. The van der Waals surface area contributed by atoms with Gasteiger partial charge in [-0.2, -0.15) is 0 Å². The molecule has 156 valence electrons. The zero-order chi connectivity index (χ0) is 20.8. The fourth-order valence-corrected chi connectivity index (χ4v) is 3.67. The number of anilines is 3.